The zero-order chi connectivity index (χ0) is 12.7. The number of methoxy groups -OCH3 is 1. The Bertz CT molecular complexity index is 426. The van der Waals surface area contributed by atoms with Gasteiger partial charge in [0.1, 0.15) is 0 Å². The number of hydrogen-bond donors (Lipinski definition) is 1. The molecule has 0 radical (unpaired) electrons. The molecule has 0 aromatic heterocycles. The zero-order valence-corrected chi connectivity index (χ0v) is 9.73. The molecule has 0 aliphatic carbocycles. The monoisotopic (exact) mass is 233 g/mol. The lowest BCUT2D eigenvalue weighted by Gasteiger charge is -2.03. The lowest BCUT2D eigenvalue weighted by Crippen LogP contribution is -2.02. The van der Waals surface area contributed by atoms with E-state index in [0.29, 0.717) is 24.8 Å². The van der Waals surface area contributed by atoms with Gasteiger partial charge in [-0.25, -0.2) is 4.79 Å². The van der Waals surface area contributed by atoms with Crippen LogP contribution in [-0.4, -0.2) is 25.1 Å². The quantitative estimate of drug-likeness (QED) is 0.603. The fraction of sp³-hybridized carbons (Fsp3) is 0.308. The molecule has 0 amide bonds. The van der Waals surface area contributed by atoms with E-state index in [-0.39, 0.29) is 11.8 Å². The molecule has 4 nitrogen and oxygen atoms in total. The summed E-state index contributed by atoms with van der Waals surface area (Å²) in [5.74, 6) is -0.531. The number of Topliss-reactive ketones (excluding diaryl/α,β-unsaturated/α-hetero) is 1. The summed E-state index contributed by atoms with van der Waals surface area (Å²) < 4.78 is 4.63. The number of rotatable bonds is 6. The van der Waals surface area contributed by atoms with Crippen molar-refractivity contribution >= 4 is 18.0 Å². The van der Waals surface area contributed by atoms with Crippen molar-refractivity contribution in [3.05, 3.63) is 35.4 Å². The second kappa shape index (κ2) is 6.58. The highest BCUT2D eigenvalue weighted by Crippen LogP contribution is 2.09. The molecule has 17 heavy (non-hydrogen) atoms. The Morgan fingerprint density at radius 3 is 2.82 bits per heavy atom. The third-order valence-corrected chi connectivity index (χ3v) is 2.40. The van der Waals surface area contributed by atoms with Gasteiger partial charge in [-0.15, -0.1) is 0 Å². The molecule has 1 aromatic carbocycles. The highest BCUT2D eigenvalue weighted by Gasteiger charge is 2.05. The summed E-state index contributed by atoms with van der Waals surface area (Å²) in [5, 5.41) is 6.77. The van der Waals surface area contributed by atoms with Gasteiger partial charge >= 0.3 is 5.97 Å². The number of aryl methyl sites for hydroxylation is 1. The predicted molar refractivity (Wildman–Crippen MR) is 64.5 cm³/mol. The van der Waals surface area contributed by atoms with Gasteiger partial charge in [-0.05, 0) is 30.5 Å². The number of nitrogens with one attached hydrogen (secondary N) is 1. The fourth-order valence-corrected chi connectivity index (χ4v) is 1.51. The smallest absolute Gasteiger partial charge is 0.337 e. The normalized spacial score (nSPS) is 9.71. The van der Waals surface area contributed by atoms with Gasteiger partial charge in [-0.1, -0.05) is 12.1 Å². The molecule has 0 atom stereocenters. The summed E-state index contributed by atoms with van der Waals surface area (Å²) >= 11 is 0. The first-order valence-electron chi connectivity index (χ1n) is 5.38. The Balaban J connectivity index is 2.57. The third-order valence-electron chi connectivity index (χ3n) is 2.40. The highest BCUT2D eigenvalue weighted by atomic mass is 16.5. The van der Waals surface area contributed by atoms with Crippen LogP contribution in [0.25, 0.3) is 0 Å². The van der Waals surface area contributed by atoms with E-state index in [1.165, 1.54) is 7.11 Å². The maximum absolute atomic E-state index is 11.3. The SMILES string of the molecule is COC(=O)c1cccc(CCCC(=O)C=N)c1. The van der Waals surface area contributed by atoms with Gasteiger partial charge in [0.05, 0.1) is 18.9 Å². The van der Waals surface area contributed by atoms with Crippen molar-refractivity contribution in [2.75, 3.05) is 7.11 Å². The van der Waals surface area contributed by atoms with Crippen molar-refractivity contribution in [2.24, 2.45) is 0 Å². The van der Waals surface area contributed by atoms with E-state index >= 15 is 0 Å². The molecule has 0 unspecified atom stereocenters. The fourth-order valence-electron chi connectivity index (χ4n) is 1.51. The Hall–Kier alpha value is -1.97. The number of carbonyl (C=O) groups is 2. The second-order valence-electron chi connectivity index (χ2n) is 3.66. The number of ketones is 1. The van der Waals surface area contributed by atoms with Crippen LogP contribution in [0.5, 0.6) is 0 Å². The summed E-state index contributed by atoms with van der Waals surface area (Å²) in [6.07, 6.45) is 2.60. The average Bonchev–Trinajstić information content (AvgIpc) is 2.38. The van der Waals surface area contributed by atoms with Crippen LogP contribution in [-0.2, 0) is 16.0 Å². The molecule has 1 rings (SSSR count). The van der Waals surface area contributed by atoms with Gasteiger partial charge in [0.15, 0.2) is 5.78 Å². The van der Waals surface area contributed by atoms with Crippen molar-refractivity contribution in [1.82, 2.24) is 0 Å². The Morgan fingerprint density at radius 2 is 2.18 bits per heavy atom. The van der Waals surface area contributed by atoms with Gasteiger partial charge in [-0.2, -0.15) is 0 Å². The van der Waals surface area contributed by atoms with E-state index in [2.05, 4.69) is 4.74 Å². The predicted octanol–water partition coefficient (Wildman–Crippen LogP) is 2.01. The zero-order valence-electron chi connectivity index (χ0n) is 9.73. The number of benzene rings is 1. The Labute approximate surface area is 100 Å². The topological polar surface area (TPSA) is 67.2 Å². The van der Waals surface area contributed by atoms with Crippen LogP contribution in [0.4, 0.5) is 0 Å². The molecule has 4 heteroatoms. The maximum atomic E-state index is 11.3. The number of hydrogen-bond acceptors (Lipinski definition) is 4. The molecule has 0 spiro atoms. The van der Waals surface area contributed by atoms with Crippen LogP contribution in [0.1, 0.15) is 28.8 Å². The van der Waals surface area contributed by atoms with E-state index in [1.54, 1.807) is 18.2 Å². The molecule has 1 N–H and O–H groups in total. The van der Waals surface area contributed by atoms with Crippen LogP contribution in [0.2, 0.25) is 0 Å². The van der Waals surface area contributed by atoms with Crippen LogP contribution in [0, 0.1) is 5.41 Å². The molecule has 1 aromatic rings. The number of ether oxygens (including phenoxy) is 1. The Kier molecular flexibility index (Phi) is 5.07. The molecule has 0 saturated heterocycles. The summed E-state index contributed by atoms with van der Waals surface area (Å²) in [5.41, 5.74) is 1.51. The summed E-state index contributed by atoms with van der Waals surface area (Å²) in [7, 11) is 1.34. The summed E-state index contributed by atoms with van der Waals surface area (Å²) in [6.45, 7) is 0. The first-order valence-corrected chi connectivity index (χ1v) is 5.38. The lowest BCUT2D eigenvalue weighted by molar-refractivity contribution is -0.112. The number of esters is 1. The first-order chi connectivity index (χ1) is 8.17. The first kappa shape index (κ1) is 13.1. The van der Waals surface area contributed by atoms with Gasteiger partial charge in [0.25, 0.3) is 0 Å². The van der Waals surface area contributed by atoms with Crippen LogP contribution >= 0.6 is 0 Å². The van der Waals surface area contributed by atoms with E-state index in [1.807, 2.05) is 6.07 Å². The summed E-state index contributed by atoms with van der Waals surface area (Å²) in [6, 6.07) is 7.15. The maximum Gasteiger partial charge on any atom is 0.337 e. The van der Waals surface area contributed by atoms with E-state index in [0.717, 1.165) is 11.8 Å². The summed E-state index contributed by atoms with van der Waals surface area (Å²) in [4.78, 5) is 22.2. The van der Waals surface area contributed by atoms with Gasteiger partial charge in [0.2, 0.25) is 0 Å². The third kappa shape index (κ3) is 4.18. The van der Waals surface area contributed by atoms with Crippen LogP contribution in [0.15, 0.2) is 24.3 Å². The van der Waals surface area contributed by atoms with E-state index in [9.17, 15) is 9.59 Å². The molecule has 0 bridgehead atoms. The van der Waals surface area contributed by atoms with Crippen molar-refractivity contribution in [3.8, 4) is 0 Å². The van der Waals surface area contributed by atoms with E-state index in [4.69, 9.17) is 5.41 Å². The minimum atomic E-state index is -0.359. The molecular formula is C13H15NO3. The molecule has 0 saturated carbocycles. The molecule has 0 aliphatic rings. The van der Waals surface area contributed by atoms with Crippen molar-refractivity contribution in [1.29, 1.82) is 5.41 Å². The molecular weight excluding hydrogens is 218 g/mol. The lowest BCUT2D eigenvalue weighted by atomic mass is 10.0. The highest BCUT2D eigenvalue weighted by molar-refractivity contribution is 6.26. The minimum Gasteiger partial charge on any atom is -0.465 e. The van der Waals surface area contributed by atoms with E-state index < -0.39 is 0 Å². The largest absolute Gasteiger partial charge is 0.465 e. The standard InChI is InChI=1S/C13H15NO3/c1-17-13(16)11-6-2-4-10(8-11)5-3-7-12(15)9-14/h2,4,6,8-9,14H,3,5,7H2,1H3. The molecule has 0 heterocycles. The minimum absolute atomic E-state index is 0.172. The molecule has 0 fully saturated rings. The van der Waals surface area contributed by atoms with Gasteiger partial charge in [0, 0.05) is 6.42 Å². The number of carbonyl (C=O) groups excluding carboxylic acids is 2. The average molecular weight is 233 g/mol. The van der Waals surface area contributed by atoms with Gasteiger partial charge < -0.3 is 10.1 Å². The van der Waals surface area contributed by atoms with Crippen molar-refractivity contribution in [2.45, 2.75) is 19.3 Å². The van der Waals surface area contributed by atoms with Gasteiger partial charge in [-0.3, -0.25) is 4.79 Å². The Morgan fingerprint density at radius 1 is 1.41 bits per heavy atom. The van der Waals surface area contributed by atoms with Crippen molar-refractivity contribution < 1.29 is 14.3 Å². The molecule has 90 valence electrons. The second-order valence-corrected chi connectivity index (χ2v) is 3.66. The molecule has 0 aliphatic heterocycles. The van der Waals surface area contributed by atoms with Crippen LogP contribution in [0.3, 0.4) is 0 Å². The van der Waals surface area contributed by atoms with Crippen molar-refractivity contribution in [3.63, 3.8) is 0 Å². The van der Waals surface area contributed by atoms with Crippen LogP contribution < -0.4 is 0 Å².